The van der Waals surface area contributed by atoms with Crippen molar-refractivity contribution in [3.63, 3.8) is 0 Å². The van der Waals surface area contributed by atoms with Gasteiger partial charge in [0, 0.05) is 12.0 Å². The number of carbonyl (C=O) groups is 2. The fraction of sp³-hybridized carbons (Fsp3) is 0.579. The van der Waals surface area contributed by atoms with E-state index in [1.807, 2.05) is 6.07 Å². The lowest BCUT2D eigenvalue weighted by atomic mass is 10.0. The maximum atomic E-state index is 12.0. The summed E-state index contributed by atoms with van der Waals surface area (Å²) >= 11 is 0. The van der Waals surface area contributed by atoms with Gasteiger partial charge in [-0.2, -0.15) is 13.2 Å². The average Bonchev–Trinajstić information content (AvgIpc) is 2.52. The molecule has 0 aromatic heterocycles. The highest BCUT2D eigenvalue weighted by molar-refractivity contribution is 6.05. The third kappa shape index (κ3) is 10.6. The van der Waals surface area contributed by atoms with E-state index in [4.69, 9.17) is 5.11 Å². The Labute approximate surface area is 146 Å². The minimum absolute atomic E-state index is 0.209. The number of rotatable bonds is 12. The lowest BCUT2D eigenvalue weighted by molar-refractivity contribution is -0.136. The van der Waals surface area contributed by atoms with Crippen LogP contribution >= 0.6 is 0 Å². The van der Waals surface area contributed by atoms with Crippen molar-refractivity contribution < 1.29 is 27.9 Å². The number of hydrogen-bond donors (Lipinski definition) is 1. The van der Waals surface area contributed by atoms with E-state index in [0.717, 1.165) is 44.1 Å². The van der Waals surface area contributed by atoms with Gasteiger partial charge in [-0.25, -0.2) is 0 Å². The number of aliphatic carboxylic acids is 1. The Kier molecular flexibility index (Phi) is 9.24. The monoisotopic (exact) mass is 358 g/mol. The molecule has 0 heterocycles. The fourth-order valence-corrected chi connectivity index (χ4v) is 2.68. The Morgan fingerprint density at radius 2 is 1.52 bits per heavy atom. The summed E-state index contributed by atoms with van der Waals surface area (Å²) in [5.74, 6) is -1.53. The van der Waals surface area contributed by atoms with Crippen LogP contribution in [0.3, 0.4) is 0 Å². The van der Waals surface area contributed by atoms with Crippen molar-refractivity contribution in [3.8, 4) is 0 Å². The summed E-state index contributed by atoms with van der Waals surface area (Å²) in [6.45, 7) is 0. The molecule has 0 bridgehead atoms. The van der Waals surface area contributed by atoms with E-state index in [1.165, 1.54) is 0 Å². The van der Waals surface area contributed by atoms with Gasteiger partial charge in [-0.15, -0.1) is 0 Å². The van der Waals surface area contributed by atoms with E-state index in [1.54, 1.807) is 18.2 Å². The van der Waals surface area contributed by atoms with Gasteiger partial charge >= 0.3 is 12.1 Å². The SMILES string of the molecule is O=C(O)CC(=O)c1cccc(CCCCCCCCCC(F)(F)F)c1. The number of aryl methyl sites for hydroxylation is 1. The Hall–Kier alpha value is -1.85. The van der Waals surface area contributed by atoms with Gasteiger partial charge in [-0.1, -0.05) is 50.3 Å². The number of Topliss-reactive ketones (excluding diaryl/α,β-unsaturated/α-hetero) is 1. The van der Waals surface area contributed by atoms with Crippen LogP contribution in [-0.4, -0.2) is 23.0 Å². The van der Waals surface area contributed by atoms with Crippen LogP contribution in [0.5, 0.6) is 0 Å². The van der Waals surface area contributed by atoms with Crippen molar-refractivity contribution in [2.45, 2.75) is 70.4 Å². The quantitative estimate of drug-likeness (QED) is 0.302. The lowest BCUT2D eigenvalue weighted by Crippen LogP contribution is -2.07. The smallest absolute Gasteiger partial charge is 0.389 e. The molecule has 0 amide bonds. The summed E-state index contributed by atoms with van der Waals surface area (Å²) in [4.78, 5) is 22.3. The summed E-state index contributed by atoms with van der Waals surface area (Å²) < 4.78 is 35.9. The number of benzene rings is 1. The van der Waals surface area contributed by atoms with E-state index in [2.05, 4.69) is 0 Å². The first kappa shape index (κ1) is 21.2. The fourth-order valence-electron chi connectivity index (χ4n) is 2.68. The second-order valence-electron chi connectivity index (χ2n) is 6.28. The van der Waals surface area contributed by atoms with Crippen molar-refractivity contribution in [2.75, 3.05) is 0 Å². The van der Waals surface area contributed by atoms with Crippen LogP contribution < -0.4 is 0 Å². The number of ketones is 1. The Morgan fingerprint density at radius 1 is 0.920 bits per heavy atom. The molecular formula is C19H25F3O3. The molecule has 0 fully saturated rings. The maximum Gasteiger partial charge on any atom is 0.389 e. The predicted octanol–water partition coefficient (Wildman–Crippen LogP) is 5.57. The molecule has 0 radical (unpaired) electrons. The highest BCUT2D eigenvalue weighted by atomic mass is 19.4. The number of carbonyl (C=O) groups excluding carboxylic acids is 1. The Bertz CT molecular complexity index is 553. The van der Waals surface area contributed by atoms with Gasteiger partial charge in [0.15, 0.2) is 5.78 Å². The molecule has 0 aliphatic carbocycles. The summed E-state index contributed by atoms with van der Waals surface area (Å²) in [7, 11) is 0. The Balaban J connectivity index is 2.16. The van der Waals surface area contributed by atoms with Crippen LogP contribution in [0, 0.1) is 0 Å². The summed E-state index contributed by atoms with van der Waals surface area (Å²) in [6.07, 6.45) is 1.10. The van der Waals surface area contributed by atoms with Crippen molar-refractivity contribution in [1.29, 1.82) is 0 Å². The molecule has 0 unspecified atom stereocenters. The second-order valence-corrected chi connectivity index (χ2v) is 6.28. The second kappa shape index (κ2) is 10.9. The number of unbranched alkanes of at least 4 members (excludes halogenated alkanes) is 6. The molecule has 6 heteroatoms. The zero-order valence-electron chi connectivity index (χ0n) is 14.3. The molecule has 0 spiro atoms. The first-order valence-corrected chi connectivity index (χ1v) is 8.68. The normalized spacial score (nSPS) is 11.5. The van der Waals surface area contributed by atoms with E-state index in [9.17, 15) is 22.8 Å². The average molecular weight is 358 g/mol. The van der Waals surface area contributed by atoms with Crippen LogP contribution in [0.1, 0.15) is 73.7 Å². The van der Waals surface area contributed by atoms with Crippen LogP contribution in [0.25, 0.3) is 0 Å². The zero-order valence-corrected chi connectivity index (χ0v) is 14.3. The number of halogens is 3. The molecule has 0 saturated heterocycles. The van der Waals surface area contributed by atoms with Crippen LogP contribution in [0.15, 0.2) is 24.3 Å². The molecule has 0 aliphatic rings. The highest BCUT2D eigenvalue weighted by Crippen LogP contribution is 2.23. The Morgan fingerprint density at radius 3 is 2.12 bits per heavy atom. The summed E-state index contributed by atoms with van der Waals surface area (Å²) in [5, 5.41) is 8.66. The first-order valence-electron chi connectivity index (χ1n) is 8.68. The van der Waals surface area contributed by atoms with Crippen molar-refractivity contribution in [3.05, 3.63) is 35.4 Å². The van der Waals surface area contributed by atoms with Gasteiger partial charge in [-0.3, -0.25) is 9.59 Å². The van der Waals surface area contributed by atoms with Crippen molar-refractivity contribution >= 4 is 11.8 Å². The number of carboxylic acid groups (broad SMARTS) is 1. The van der Waals surface area contributed by atoms with Crippen molar-refractivity contribution in [1.82, 2.24) is 0 Å². The summed E-state index contributed by atoms with van der Waals surface area (Å²) in [5.41, 5.74) is 1.42. The van der Waals surface area contributed by atoms with Gasteiger partial charge in [0.25, 0.3) is 0 Å². The van der Waals surface area contributed by atoms with E-state index >= 15 is 0 Å². The number of alkyl halides is 3. The van der Waals surface area contributed by atoms with Gasteiger partial charge in [0.1, 0.15) is 6.42 Å². The van der Waals surface area contributed by atoms with E-state index in [-0.39, 0.29) is 6.42 Å². The predicted molar refractivity (Wildman–Crippen MR) is 89.7 cm³/mol. The third-order valence-electron chi connectivity index (χ3n) is 3.99. The van der Waals surface area contributed by atoms with E-state index < -0.39 is 30.8 Å². The molecule has 3 nitrogen and oxygen atoms in total. The van der Waals surface area contributed by atoms with Gasteiger partial charge in [-0.05, 0) is 30.9 Å². The number of hydrogen-bond acceptors (Lipinski definition) is 2. The van der Waals surface area contributed by atoms with Gasteiger partial charge in [0.2, 0.25) is 0 Å². The maximum absolute atomic E-state index is 12.0. The van der Waals surface area contributed by atoms with Crippen LogP contribution in [-0.2, 0) is 11.2 Å². The summed E-state index contributed by atoms with van der Waals surface area (Å²) in [6, 6.07) is 7.03. The molecular weight excluding hydrogens is 333 g/mol. The minimum atomic E-state index is -4.04. The topological polar surface area (TPSA) is 54.4 Å². The largest absolute Gasteiger partial charge is 0.481 e. The standard InChI is InChI=1S/C19H25F3O3/c20-19(21,22)12-7-5-3-1-2-4-6-9-15-10-8-11-16(13-15)17(23)14-18(24)25/h8,10-11,13H,1-7,9,12,14H2,(H,24,25). The number of carboxylic acids is 1. The molecule has 1 rings (SSSR count). The lowest BCUT2D eigenvalue weighted by Gasteiger charge is -2.06. The molecule has 1 N–H and O–H groups in total. The van der Waals surface area contributed by atoms with E-state index in [0.29, 0.717) is 12.0 Å². The van der Waals surface area contributed by atoms with Gasteiger partial charge < -0.3 is 5.11 Å². The first-order chi connectivity index (χ1) is 11.8. The van der Waals surface area contributed by atoms with Crippen LogP contribution in [0.2, 0.25) is 0 Å². The molecule has 140 valence electrons. The van der Waals surface area contributed by atoms with Gasteiger partial charge in [0.05, 0.1) is 0 Å². The molecule has 0 saturated carbocycles. The minimum Gasteiger partial charge on any atom is -0.481 e. The highest BCUT2D eigenvalue weighted by Gasteiger charge is 2.25. The third-order valence-corrected chi connectivity index (χ3v) is 3.99. The van der Waals surface area contributed by atoms with Crippen molar-refractivity contribution in [2.24, 2.45) is 0 Å². The zero-order chi connectivity index (χ0) is 18.7. The molecule has 25 heavy (non-hydrogen) atoms. The van der Waals surface area contributed by atoms with Crippen LogP contribution in [0.4, 0.5) is 13.2 Å². The molecule has 0 atom stereocenters. The molecule has 1 aromatic rings. The molecule has 0 aliphatic heterocycles. The molecule has 1 aromatic carbocycles.